The summed E-state index contributed by atoms with van der Waals surface area (Å²) < 4.78 is 4.92. The number of anilines is 2. The highest BCUT2D eigenvalue weighted by molar-refractivity contribution is 6.42. The van der Waals surface area contributed by atoms with Crippen molar-refractivity contribution in [3.63, 3.8) is 0 Å². The molecule has 22 heavy (non-hydrogen) atoms. The Hall–Kier alpha value is -1.91. The second kappa shape index (κ2) is 6.07. The molecule has 1 unspecified atom stereocenters. The first-order valence-electron chi connectivity index (χ1n) is 6.82. The molecule has 1 aliphatic heterocycles. The lowest BCUT2D eigenvalue weighted by Crippen LogP contribution is -2.20. The third kappa shape index (κ3) is 2.98. The SMILES string of the molecule is CC(Nc1ccc2c(c1)NC(=O)OC2)c1cccc(Cl)c1Cl. The minimum Gasteiger partial charge on any atom is -0.444 e. The van der Waals surface area contributed by atoms with Gasteiger partial charge in [-0.1, -0.05) is 41.4 Å². The summed E-state index contributed by atoms with van der Waals surface area (Å²) in [7, 11) is 0. The summed E-state index contributed by atoms with van der Waals surface area (Å²) >= 11 is 12.3. The number of cyclic esters (lactones) is 1. The molecule has 2 aromatic carbocycles. The van der Waals surface area contributed by atoms with Crippen molar-refractivity contribution in [3.8, 4) is 0 Å². The van der Waals surface area contributed by atoms with E-state index in [-0.39, 0.29) is 12.6 Å². The Morgan fingerprint density at radius 3 is 2.91 bits per heavy atom. The van der Waals surface area contributed by atoms with E-state index in [1.54, 1.807) is 6.07 Å². The van der Waals surface area contributed by atoms with E-state index in [1.807, 2.05) is 37.3 Å². The molecule has 0 saturated carbocycles. The molecule has 2 N–H and O–H groups in total. The van der Waals surface area contributed by atoms with Gasteiger partial charge in [-0.3, -0.25) is 5.32 Å². The highest BCUT2D eigenvalue weighted by atomic mass is 35.5. The van der Waals surface area contributed by atoms with Gasteiger partial charge in [0.2, 0.25) is 0 Å². The number of hydrogen-bond acceptors (Lipinski definition) is 3. The normalized spacial score (nSPS) is 14.6. The molecule has 4 nitrogen and oxygen atoms in total. The van der Waals surface area contributed by atoms with Gasteiger partial charge in [-0.25, -0.2) is 4.79 Å². The molecule has 2 aromatic rings. The summed E-state index contributed by atoms with van der Waals surface area (Å²) in [4.78, 5) is 11.3. The molecule has 1 atom stereocenters. The molecule has 1 heterocycles. The van der Waals surface area contributed by atoms with Crippen molar-refractivity contribution in [3.05, 3.63) is 57.6 Å². The van der Waals surface area contributed by atoms with Crippen LogP contribution in [0, 0.1) is 0 Å². The number of hydrogen-bond donors (Lipinski definition) is 2. The zero-order valence-electron chi connectivity index (χ0n) is 11.8. The quantitative estimate of drug-likeness (QED) is 0.806. The van der Waals surface area contributed by atoms with E-state index < -0.39 is 6.09 Å². The monoisotopic (exact) mass is 336 g/mol. The fourth-order valence-electron chi connectivity index (χ4n) is 2.38. The predicted molar refractivity (Wildman–Crippen MR) is 88.7 cm³/mol. The first-order valence-corrected chi connectivity index (χ1v) is 7.57. The van der Waals surface area contributed by atoms with Gasteiger partial charge in [0.25, 0.3) is 0 Å². The molecule has 0 saturated heterocycles. The summed E-state index contributed by atoms with van der Waals surface area (Å²) in [6.45, 7) is 2.29. The zero-order valence-corrected chi connectivity index (χ0v) is 13.3. The van der Waals surface area contributed by atoms with Crippen LogP contribution in [-0.4, -0.2) is 6.09 Å². The third-order valence-corrected chi connectivity index (χ3v) is 4.37. The molecular weight excluding hydrogens is 323 g/mol. The first kappa shape index (κ1) is 15.0. The molecule has 1 amide bonds. The maximum Gasteiger partial charge on any atom is 0.411 e. The molecule has 0 radical (unpaired) electrons. The molecule has 6 heteroatoms. The molecular formula is C16H14Cl2N2O2. The van der Waals surface area contributed by atoms with Crippen LogP contribution < -0.4 is 10.6 Å². The van der Waals surface area contributed by atoms with Gasteiger partial charge in [0, 0.05) is 11.3 Å². The largest absolute Gasteiger partial charge is 0.444 e. The van der Waals surface area contributed by atoms with E-state index in [4.69, 9.17) is 27.9 Å². The Labute approximate surface area is 138 Å². The van der Waals surface area contributed by atoms with Crippen molar-refractivity contribution in [2.24, 2.45) is 0 Å². The van der Waals surface area contributed by atoms with Crippen molar-refractivity contribution >= 4 is 40.7 Å². The van der Waals surface area contributed by atoms with Crippen LogP contribution in [0.5, 0.6) is 0 Å². The number of ether oxygens (including phenoxy) is 1. The Morgan fingerprint density at radius 1 is 1.27 bits per heavy atom. The average Bonchev–Trinajstić information content (AvgIpc) is 2.49. The number of nitrogens with one attached hydrogen (secondary N) is 2. The van der Waals surface area contributed by atoms with E-state index in [9.17, 15) is 4.79 Å². The van der Waals surface area contributed by atoms with E-state index >= 15 is 0 Å². The lowest BCUT2D eigenvalue weighted by molar-refractivity contribution is 0.151. The van der Waals surface area contributed by atoms with Crippen LogP contribution in [0.15, 0.2) is 36.4 Å². The molecule has 114 valence electrons. The lowest BCUT2D eigenvalue weighted by atomic mass is 10.1. The Morgan fingerprint density at radius 2 is 2.09 bits per heavy atom. The van der Waals surface area contributed by atoms with Gasteiger partial charge in [0.1, 0.15) is 6.61 Å². The number of rotatable bonds is 3. The lowest BCUT2D eigenvalue weighted by Gasteiger charge is -2.21. The summed E-state index contributed by atoms with van der Waals surface area (Å²) in [5, 5.41) is 7.12. The van der Waals surface area contributed by atoms with Gasteiger partial charge in [-0.15, -0.1) is 0 Å². The highest BCUT2D eigenvalue weighted by Crippen LogP contribution is 2.32. The van der Waals surface area contributed by atoms with Gasteiger partial charge in [0.05, 0.1) is 21.8 Å². The number of amides is 1. The minimum atomic E-state index is -0.435. The Bertz CT molecular complexity index is 734. The van der Waals surface area contributed by atoms with Crippen molar-refractivity contribution in [1.29, 1.82) is 0 Å². The standard InChI is InChI=1S/C16H14Cl2N2O2/c1-9(12-3-2-4-13(17)15(12)18)19-11-6-5-10-8-22-16(21)20-14(10)7-11/h2-7,9,19H,8H2,1H3,(H,20,21). The topological polar surface area (TPSA) is 50.4 Å². The molecule has 0 bridgehead atoms. The zero-order chi connectivity index (χ0) is 15.7. The van der Waals surface area contributed by atoms with Crippen LogP contribution in [0.25, 0.3) is 0 Å². The summed E-state index contributed by atoms with van der Waals surface area (Å²) in [5.74, 6) is 0. The van der Waals surface area contributed by atoms with Gasteiger partial charge in [-0.2, -0.15) is 0 Å². The second-order valence-electron chi connectivity index (χ2n) is 5.08. The maximum atomic E-state index is 11.3. The fourth-order valence-corrected chi connectivity index (χ4v) is 2.85. The van der Waals surface area contributed by atoms with Crippen LogP contribution in [-0.2, 0) is 11.3 Å². The number of carbonyl (C=O) groups is 1. The van der Waals surface area contributed by atoms with Crippen LogP contribution in [0.1, 0.15) is 24.1 Å². The smallest absolute Gasteiger partial charge is 0.411 e. The predicted octanol–water partition coefficient (Wildman–Crippen LogP) is 5.23. The number of benzene rings is 2. The molecule has 0 aromatic heterocycles. The van der Waals surface area contributed by atoms with Gasteiger partial charge in [-0.05, 0) is 30.7 Å². The van der Waals surface area contributed by atoms with Crippen LogP contribution in [0.4, 0.5) is 16.2 Å². The molecule has 1 aliphatic rings. The van der Waals surface area contributed by atoms with Crippen LogP contribution in [0.2, 0.25) is 10.0 Å². The van der Waals surface area contributed by atoms with Crippen molar-refractivity contribution in [1.82, 2.24) is 0 Å². The summed E-state index contributed by atoms with van der Waals surface area (Å²) in [6.07, 6.45) is -0.435. The Balaban J connectivity index is 1.82. The summed E-state index contributed by atoms with van der Waals surface area (Å²) in [6, 6.07) is 11.3. The number of fused-ring (bicyclic) bond motifs is 1. The van der Waals surface area contributed by atoms with E-state index in [2.05, 4.69) is 10.6 Å². The molecule has 0 aliphatic carbocycles. The van der Waals surface area contributed by atoms with Crippen molar-refractivity contribution in [2.45, 2.75) is 19.6 Å². The van der Waals surface area contributed by atoms with Gasteiger partial charge < -0.3 is 10.1 Å². The van der Waals surface area contributed by atoms with E-state index in [0.717, 1.165) is 22.5 Å². The molecule has 3 rings (SSSR count). The maximum absolute atomic E-state index is 11.3. The van der Waals surface area contributed by atoms with E-state index in [1.165, 1.54) is 0 Å². The average molecular weight is 337 g/mol. The third-order valence-electron chi connectivity index (χ3n) is 3.54. The summed E-state index contributed by atoms with van der Waals surface area (Å²) in [5.41, 5.74) is 3.49. The minimum absolute atomic E-state index is 0.0280. The van der Waals surface area contributed by atoms with Crippen LogP contribution >= 0.6 is 23.2 Å². The number of carbonyl (C=O) groups excluding carboxylic acids is 1. The first-order chi connectivity index (χ1) is 10.5. The van der Waals surface area contributed by atoms with Crippen molar-refractivity contribution < 1.29 is 9.53 Å². The highest BCUT2D eigenvalue weighted by Gasteiger charge is 2.17. The van der Waals surface area contributed by atoms with Crippen molar-refractivity contribution in [2.75, 3.05) is 10.6 Å². The molecule has 0 spiro atoms. The van der Waals surface area contributed by atoms with Crippen LogP contribution in [0.3, 0.4) is 0 Å². The van der Waals surface area contributed by atoms with Gasteiger partial charge >= 0.3 is 6.09 Å². The van der Waals surface area contributed by atoms with Gasteiger partial charge in [0.15, 0.2) is 0 Å². The Kier molecular flexibility index (Phi) is 4.14. The fraction of sp³-hybridized carbons (Fsp3) is 0.188. The van der Waals surface area contributed by atoms with E-state index in [0.29, 0.717) is 10.0 Å². The number of halogens is 2. The second-order valence-corrected chi connectivity index (χ2v) is 5.87. The molecule has 0 fully saturated rings.